The first kappa shape index (κ1) is 16.9. The summed E-state index contributed by atoms with van der Waals surface area (Å²) in [6.45, 7) is 0.0672. The van der Waals surface area contributed by atoms with E-state index in [-0.39, 0.29) is 29.7 Å². The Morgan fingerprint density at radius 3 is 2.41 bits per heavy atom. The summed E-state index contributed by atoms with van der Waals surface area (Å²) in [5.41, 5.74) is 7.20. The van der Waals surface area contributed by atoms with E-state index in [2.05, 4.69) is 4.98 Å². The lowest BCUT2D eigenvalue weighted by Gasteiger charge is -2.11. The molecule has 1 aromatic heterocycles. The maximum absolute atomic E-state index is 12.4. The highest BCUT2D eigenvalue weighted by Crippen LogP contribution is 2.29. The van der Waals surface area contributed by atoms with Gasteiger partial charge in [0.05, 0.1) is 28.9 Å². The van der Waals surface area contributed by atoms with Crippen LogP contribution in [0, 0.1) is 0 Å². The minimum absolute atomic E-state index is 0.00222. The zero-order chi connectivity index (χ0) is 19.1. The molecule has 3 amide bonds. The first-order chi connectivity index (χ1) is 13.0. The third-order valence-corrected chi connectivity index (χ3v) is 5.11. The van der Waals surface area contributed by atoms with Gasteiger partial charge in [-0.1, -0.05) is 12.1 Å². The molecule has 1 aliphatic rings. The minimum atomic E-state index is -0.740. The van der Waals surface area contributed by atoms with Crippen LogP contribution >= 0.6 is 11.3 Å². The first-order valence-corrected chi connectivity index (χ1v) is 8.86. The molecule has 7 nitrogen and oxygen atoms in total. The molecule has 0 unspecified atom stereocenters. The van der Waals surface area contributed by atoms with Gasteiger partial charge in [0.1, 0.15) is 10.8 Å². The molecule has 0 fully saturated rings. The van der Waals surface area contributed by atoms with Crippen molar-refractivity contribution in [1.29, 1.82) is 0 Å². The largest absolute Gasteiger partial charge is 0.507 e. The van der Waals surface area contributed by atoms with E-state index in [9.17, 15) is 19.5 Å². The smallest absolute Gasteiger partial charge is 0.261 e. The molecule has 3 N–H and O–H groups in total. The van der Waals surface area contributed by atoms with Gasteiger partial charge in [-0.3, -0.25) is 19.3 Å². The van der Waals surface area contributed by atoms with Crippen molar-refractivity contribution in [1.82, 2.24) is 9.88 Å². The monoisotopic (exact) mass is 379 g/mol. The zero-order valence-electron chi connectivity index (χ0n) is 13.9. The molecule has 0 radical (unpaired) electrons. The lowest BCUT2D eigenvalue weighted by Crippen LogP contribution is -2.29. The van der Waals surface area contributed by atoms with Crippen molar-refractivity contribution >= 4 is 29.1 Å². The number of aromatic hydroxyl groups is 1. The SMILES string of the molecule is NC(=O)c1cc(-c2csc(CN3C(=O)c4ccccc4C3=O)n2)ccc1O. The van der Waals surface area contributed by atoms with Crippen LogP contribution in [0.15, 0.2) is 47.8 Å². The molecule has 1 aliphatic heterocycles. The van der Waals surface area contributed by atoms with Crippen molar-refractivity contribution in [2.45, 2.75) is 6.54 Å². The molecule has 0 bridgehead atoms. The number of nitrogens with zero attached hydrogens (tertiary/aromatic N) is 2. The first-order valence-electron chi connectivity index (χ1n) is 7.98. The molecule has 4 rings (SSSR count). The molecule has 27 heavy (non-hydrogen) atoms. The highest BCUT2D eigenvalue weighted by atomic mass is 32.1. The van der Waals surface area contributed by atoms with Crippen molar-refractivity contribution < 1.29 is 19.5 Å². The Balaban J connectivity index is 1.60. The summed E-state index contributed by atoms with van der Waals surface area (Å²) < 4.78 is 0. The van der Waals surface area contributed by atoms with Crippen LogP contribution in [-0.4, -0.2) is 32.7 Å². The molecule has 0 spiro atoms. The summed E-state index contributed by atoms with van der Waals surface area (Å²) in [4.78, 5) is 41.9. The molecule has 0 saturated carbocycles. The van der Waals surface area contributed by atoms with Crippen molar-refractivity contribution in [2.75, 3.05) is 0 Å². The second-order valence-electron chi connectivity index (χ2n) is 5.96. The Morgan fingerprint density at radius 1 is 1.11 bits per heavy atom. The molecule has 8 heteroatoms. The number of rotatable bonds is 4. The summed E-state index contributed by atoms with van der Waals surface area (Å²) in [7, 11) is 0. The number of primary amides is 1. The topological polar surface area (TPSA) is 114 Å². The van der Waals surface area contributed by atoms with Gasteiger partial charge < -0.3 is 10.8 Å². The summed E-state index contributed by atoms with van der Waals surface area (Å²) in [6, 6.07) is 11.1. The quantitative estimate of drug-likeness (QED) is 0.676. The van der Waals surface area contributed by atoms with Gasteiger partial charge in [-0.15, -0.1) is 11.3 Å². The second kappa shape index (κ2) is 6.33. The van der Waals surface area contributed by atoms with Crippen molar-refractivity contribution in [3.63, 3.8) is 0 Å². The van der Waals surface area contributed by atoms with E-state index in [1.165, 1.54) is 28.4 Å². The molecule has 0 aliphatic carbocycles. The number of hydrogen-bond donors (Lipinski definition) is 2. The predicted octanol–water partition coefficient (Wildman–Crippen LogP) is 2.41. The average molecular weight is 379 g/mol. The van der Waals surface area contributed by atoms with Gasteiger partial charge in [0, 0.05) is 10.9 Å². The van der Waals surface area contributed by atoms with E-state index >= 15 is 0 Å². The molecule has 3 aromatic rings. The van der Waals surface area contributed by atoms with Crippen LogP contribution in [0.3, 0.4) is 0 Å². The second-order valence-corrected chi connectivity index (χ2v) is 6.91. The number of aromatic nitrogens is 1. The number of imide groups is 1. The Kier molecular flexibility index (Phi) is 3.97. The van der Waals surface area contributed by atoms with Crippen molar-refractivity contribution in [2.24, 2.45) is 5.73 Å². The zero-order valence-corrected chi connectivity index (χ0v) is 14.7. The molecular weight excluding hydrogens is 366 g/mol. The summed E-state index contributed by atoms with van der Waals surface area (Å²) in [5, 5.41) is 12.0. The highest BCUT2D eigenvalue weighted by molar-refractivity contribution is 7.10. The number of carbonyl (C=O) groups excluding carboxylic acids is 3. The molecular formula is C19H13N3O4S. The Bertz CT molecular complexity index is 1070. The van der Waals surface area contributed by atoms with Crippen molar-refractivity contribution in [3.8, 4) is 17.0 Å². The fourth-order valence-corrected chi connectivity index (χ4v) is 3.72. The van der Waals surface area contributed by atoms with Crippen LogP contribution in [0.2, 0.25) is 0 Å². The van der Waals surface area contributed by atoms with Crippen LogP contribution in [0.5, 0.6) is 5.75 Å². The van der Waals surface area contributed by atoms with Crippen LogP contribution < -0.4 is 5.73 Å². The number of carbonyl (C=O) groups is 3. The molecule has 0 saturated heterocycles. The average Bonchev–Trinajstić information content (AvgIpc) is 3.22. The van der Waals surface area contributed by atoms with Crippen LogP contribution in [0.4, 0.5) is 0 Å². The number of fused-ring (bicyclic) bond motifs is 1. The third-order valence-electron chi connectivity index (χ3n) is 4.28. The maximum atomic E-state index is 12.4. The van der Waals surface area contributed by atoms with Gasteiger partial charge in [-0.05, 0) is 30.3 Å². The van der Waals surface area contributed by atoms with E-state index < -0.39 is 5.91 Å². The normalized spacial score (nSPS) is 13.1. The molecule has 2 heterocycles. The van der Waals surface area contributed by atoms with E-state index in [0.29, 0.717) is 27.4 Å². The number of hydrogen-bond acceptors (Lipinski definition) is 6. The van der Waals surface area contributed by atoms with Crippen molar-refractivity contribution in [3.05, 3.63) is 69.5 Å². The van der Waals surface area contributed by atoms with Crippen LogP contribution in [0.1, 0.15) is 36.1 Å². The number of benzene rings is 2. The van der Waals surface area contributed by atoms with Gasteiger partial charge in [0.15, 0.2) is 0 Å². The molecule has 2 aromatic carbocycles. The molecule has 0 atom stereocenters. The standard InChI is InChI=1S/C19H13N3O4S/c20-17(24)13-7-10(5-6-15(13)23)14-9-27-16(21-14)8-22-18(25)11-3-1-2-4-12(11)19(22)26/h1-7,9,23H,8H2,(H2,20,24). The summed E-state index contributed by atoms with van der Waals surface area (Å²) in [6.07, 6.45) is 0. The fourth-order valence-electron chi connectivity index (χ4n) is 2.93. The number of nitrogens with two attached hydrogens (primary N) is 1. The Hall–Kier alpha value is -3.52. The number of phenols is 1. The third kappa shape index (κ3) is 2.85. The van der Waals surface area contributed by atoms with Crippen LogP contribution in [0.25, 0.3) is 11.3 Å². The van der Waals surface area contributed by atoms with E-state index in [1.807, 2.05) is 0 Å². The highest BCUT2D eigenvalue weighted by Gasteiger charge is 2.35. The van der Waals surface area contributed by atoms with Gasteiger partial charge in [-0.25, -0.2) is 4.98 Å². The van der Waals surface area contributed by atoms with Gasteiger partial charge in [0.2, 0.25) is 0 Å². The van der Waals surface area contributed by atoms with E-state index in [4.69, 9.17) is 5.73 Å². The van der Waals surface area contributed by atoms with Crippen LogP contribution in [-0.2, 0) is 6.54 Å². The van der Waals surface area contributed by atoms with E-state index in [1.54, 1.807) is 35.7 Å². The fraction of sp³-hybridized carbons (Fsp3) is 0.0526. The lowest BCUT2D eigenvalue weighted by atomic mass is 10.1. The number of thiazole rings is 1. The van der Waals surface area contributed by atoms with Gasteiger partial charge in [0.25, 0.3) is 17.7 Å². The minimum Gasteiger partial charge on any atom is -0.507 e. The Labute approximate surface area is 157 Å². The Morgan fingerprint density at radius 2 is 1.78 bits per heavy atom. The van der Waals surface area contributed by atoms with E-state index in [0.717, 1.165) is 0 Å². The lowest BCUT2D eigenvalue weighted by molar-refractivity contribution is 0.0642. The van der Waals surface area contributed by atoms with Gasteiger partial charge >= 0.3 is 0 Å². The summed E-state index contributed by atoms with van der Waals surface area (Å²) >= 11 is 1.30. The molecule has 134 valence electrons. The van der Waals surface area contributed by atoms with Gasteiger partial charge in [-0.2, -0.15) is 0 Å². The predicted molar refractivity (Wildman–Crippen MR) is 98.4 cm³/mol. The number of amides is 3. The maximum Gasteiger partial charge on any atom is 0.261 e. The summed E-state index contributed by atoms with van der Waals surface area (Å²) in [5.74, 6) is -1.62.